The fraction of sp³-hybridized carbons (Fsp3) is 0.333. The summed E-state index contributed by atoms with van der Waals surface area (Å²) in [5, 5.41) is 3.22. The molecule has 0 unspecified atom stereocenters. The Morgan fingerprint density at radius 2 is 1.36 bits per heavy atom. The van der Waals surface area contributed by atoms with Crippen LogP contribution in [0.2, 0.25) is 0 Å². The number of nitrogens with one attached hydrogen (secondary N) is 1. The molecule has 4 aromatic carbocycles. The third-order valence-corrected chi connectivity index (χ3v) is 10.7. The van der Waals surface area contributed by atoms with Crippen LogP contribution >= 0.6 is 0 Å². The Morgan fingerprint density at radius 1 is 0.787 bits per heavy atom. The first-order chi connectivity index (χ1) is 22.6. The molecule has 2 amide bonds. The minimum Gasteiger partial charge on any atom is -0.352 e. The van der Waals surface area contributed by atoms with Crippen molar-refractivity contribution in [3.63, 3.8) is 0 Å². The van der Waals surface area contributed by atoms with Crippen LogP contribution in [-0.4, -0.2) is 43.8 Å². The maximum Gasteiger partial charge on any atom is 0.264 e. The maximum atomic E-state index is 14.7. The molecule has 5 rings (SSSR count). The molecular weight excluding hydrogens is 607 g/mol. The molecule has 0 bridgehead atoms. The van der Waals surface area contributed by atoms with Gasteiger partial charge < -0.3 is 10.2 Å². The number of benzene rings is 4. The SMILES string of the molecule is Cc1ccc(S(=O)(=O)N(CC(=O)N(Cc2ccccc2)[C@H](Cc2ccccc2)C(=O)NC2CCCC2)c2ccc(C(C)C)cc2)cc1. The van der Waals surface area contributed by atoms with E-state index < -0.39 is 28.5 Å². The van der Waals surface area contributed by atoms with Crippen molar-refractivity contribution < 1.29 is 18.0 Å². The van der Waals surface area contributed by atoms with Gasteiger partial charge in [0.1, 0.15) is 12.6 Å². The second-order valence-electron chi connectivity index (χ2n) is 12.8. The minimum atomic E-state index is -4.14. The summed E-state index contributed by atoms with van der Waals surface area (Å²) >= 11 is 0. The molecule has 1 aliphatic rings. The number of carbonyl (C=O) groups excluding carboxylic acids is 2. The third-order valence-electron chi connectivity index (χ3n) is 8.90. The quantitative estimate of drug-likeness (QED) is 0.169. The molecule has 1 fully saturated rings. The molecule has 4 aromatic rings. The maximum absolute atomic E-state index is 14.7. The molecule has 7 nitrogen and oxygen atoms in total. The van der Waals surface area contributed by atoms with E-state index in [4.69, 9.17) is 0 Å². The molecule has 246 valence electrons. The third kappa shape index (κ3) is 8.69. The number of rotatable bonds is 13. The first-order valence-electron chi connectivity index (χ1n) is 16.5. The molecule has 0 aromatic heterocycles. The van der Waals surface area contributed by atoms with E-state index in [0.717, 1.165) is 47.9 Å². The van der Waals surface area contributed by atoms with E-state index in [2.05, 4.69) is 19.2 Å². The van der Waals surface area contributed by atoms with Crippen LogP contribution in [0.15, 0.2) is 114 Å². The number of anilines is 1. The summed E-state index contributed by atoms with van der Waals surface area (Å²) in [6.07, 6.45) is 4.23. The van der Waals surface area contributed by atoms with E-state index in [9.17, 15) is 18.0 Å². The molecule has 1 N–H and O–H groups in total. The van der Waals surface area contributed by atoms with Gasteiger partial charge in [0.2, 0.25) is 11.8 Å². The van der Waals surface area contributed by atoms with Gasteiger partial charge in [0, 0.05) is 19.0 Å². The number of carbonyl (C=O) groups is 2. The van der Waals surface area contributed by atoms with Gasteiger partial charge in [-0.1, -0.05) is 117 Å². The predicted octanol–water partition coefficient (Wildman–Crippen LogP) is 7.01. The number of nitrogens with zero attached hydrogens (tertiary/aromatic N) is 2. The lowest BCUT2D eigenvalue weighted by Gasteiger charge is -2.34. The van der Waals surface area contributed by atoms with Gasteiger partial charge in [-0.25, -0.2) is 8.42 Å². The molecule has 1 saturated carbocycles. The summed E-state index contributed by atoms with van der Waals surface area (Å²) < 4.78 is 29.7. The van der Waals surface area contributed by atoms with Crippen molar-refractivity contribution in [1.82, 2.24) is 10.2 Å². The Kier molecular flexibility index (Phi) is 11.1. The fourth-order valence-electron chi connectivity index (χ4n) is 6.09. The van der Waals surface area contributed by atoms with Gasteiger partial charge in [-0.3, -0.25) is 13.9 Å². The Balaban J connectivity index is 1.56. The summed E-state index contributed by atoms with van der Waals surface area (Å²) in [6.45, 7) is 5.73. The van der Waals surface area contributed by atoms with Crippen LogP contribution in [0.25, 0.3) is 0 Å². The van der Waals surface area contributed by atoms with Gasteiger partial charge >= 0.3 is 0 Å². The molecule has 0 spiro atoms. The van der Waals surface area contributed by atoms with Crippen molar-refractivity contribution in [2.75, 3.05) is 10.8 Å². The monoisotopic (exact) mass is 651 g/mol. The molecule has 47 heavy (non-hydrogen) atoms. The van der Waals surface area contributed by atoms with E-state index >= 15 is 0 Å². The molecule has 0 radical (unpaired) electrons. The second-order valence-corrected chi connectivity index (χ2v) is 14.6. The molecule has 0 heterocycles. The number of sulfonamides is 1. The summed E-state index contributed by atoms with van der Waals surface area (Å²) in [6, 6.07) is 32.3. The second kappa shape index (κ2) is 15.4. The van der Waals surface area contributed by atoms with Crippen LogP contribution in [0.5, 0.6) is 0 Å². The summed E-state index contributed by atoms with van der Waals surface area (Å²) in [5.74, 6) is -0.425. The van der Waals surface area contributed by atoms with Crippen LogP contribution < -0.4 is 9.62 Å². The Labute approximate surface area is 279 Å². The molecule has 8 heteroatoms. The Morgan fingerprint density at radius 3 is 1.94 bits per heavy atom. The van der Waals surface area contributed by atoms with Crippen LogP contribution in [0.4, 0.5) is 5.69 Å². The number of hydrogen-bond acceptors (Lipinski definition) is 4. The van der Waals surface area contributed by atoms with Gasteiger partial charge in [0.15, 0.2) is 0 Å². The number of amides is 2. The first kappa shape index (κ1) is 33.9. The summed E-state index contributed by atoms with van der Waals surface area (Å²) in [5.41, 5.74) is 4.14. The van der Waals surface area contributed by atoms with Crippen molar-refractivity contribution in [3.8, 4) is 0 Å². The van der Waals surface area contributed by atoms with Gasteiger partial charge in [0.05, 0.1) is 10.6 Å². The van der Waals surface area contributed by atoms with E-state index in [1.54, 1.807) is 41.3 Å². The zero-order valence-electron chi connectivity index (χ0n) is 27.5. The highest BCUT2D eigenvalue weighted by molar-refractivity contribution is 7.92. The zero-order chi connectivity index (χ0) is 33.4. The van der Waals surface area contributed by atoms with Crippen LogP contribution in [0.3, 0.4) is 0 Å². The van der Waals surface area contributed by atoms with Crippen molar-refractivity contribution in [1.29, 1.82) is 0 Å². The van der Waals surface area contributed by atoms with Crippen molar-refractivity contribution in [3.05, 3.63) is 131 Å². The Hall–Kier alpha value is -4.43. The molecule has 1 aliphatic carbocycles. The summed E-state index contributed by atoms with van der Waals surface area (Å²) in [4.78, 5) is 30.4. The fourth-order valence-corrected chi connectivity index (χ4v) is 7.51. The molecule has 0 saturated heterocycles. The molecular formula is C39H45N3O4S. The Bertz CT molecular complexity index is 1720. The predicted molar refractivity (Wildman–Crippen MR) is 188 cm³/mol. The van der Waals surface area contributed by atoms with E-state index in [1.807, 2.05) is 79.7 Å². The lowest BCUT2D eigenvalue weighted by Crippen LogP contribution is -2.54. The largest absolute Gasteiger partial charge is 0.352 e. The van der Waals surface area contributed by atoms with Crippen molar-refractivity contribution in [2.24, 2.45) is 0 Å². The van der Waals surface area contributed by atoms with Crippen LogP contribution in [0, 0.1) is 6.92 Å². The van der Waals surface area contributed by atoms with E-state index in [0.29, 0.717) is 12.1 Å². The topological polar surface area (TPSA) is 86.8 Å². The van der Waals surface area contributed by atoms with Gasteiger partial charge in [-0.2, -0.15) is 0 Å². The van der Waals surface area contributed by atoms with Gasteiger partial charge in [0.25, 0.3) is 10.0 Å². The number of aryl methyl sites for hydroxylation is 1. The average Bonchev–Trinajstić information content (AvgIpc) is 3.59. The highest BCUT2D eigenvalue weighted by Crippen LogP contribution is 2.27. The zero-order valence-corrected chi connectivity index (χ0v) is 28.3. The van der Waals surface area contributed by atoms with E-state index in [1.165, 1.54) is 4.31 Å². The minimum absolute atomic E-state index is 0.0623. The van der Waals surface area contributed by atoms with E-state index in [-0.39, 0.29) is 29.3 Å². The van der Waals surface area contributed by atoms with Gasteiger partial charge in [-0.15, -0.1) is 0 Å². The normalized spacial score (nSPS) is 14.1. The average molecular weight is 652 g/mol. The lowest BCUT2D eigenvalue weighted by atomic mass is 10.0. The molecule has 1 atom stereocenters. The first-order valence-corrected chi connectivity index (χ1v) is 17.9. The van der Waals surface area contributed by atoms with Crippen LogP contribution in [0.1, 0.15) is 67.7 Å². The standard InChI is InChI=1S/C39H45N3O4S/c1-29(2)33-20-22-35(23-21-33)42(47(45,46)36-24-18-30(3)19-25-36)28-38(43)41(27-32-14-8-5-9-15-32)37(26-31-12-6-4-7-13-31)39(44)40-34-16-10-11-17-34/h4-9,12-15,18-25,29,34,37H,10-11,16-17,26-28H2,1-3H3,(H,40,44)/t37-/m1/s1. The van der Waals surface area contributed by atoms with Crippen molar-refractivity contribution in [2.45, 2.75) is 82.3 Å². The summed E-state index contributed by atoms with van der Waals surface area (Å²) in [7, 11) is -4.14. The lowest BCUT2D eigenvalue weighted by molar-refractivity contribution is -0.140. The van der Waals surface area contributed by atoms with Gasteiger partial charge in [-0.05, 0) is 66.6 Å². The number of hydrogen-bond donors (Lipinski definition) is 1. The highest BCUT2D eigenvalue weighted by atomic mass is 32.2. The van der Waals surface area contributed by atoms with Crippen LogP contribution in [-0.2, 0) is 32.6 Å². The highest BCUT2D eigenvalue weighted by Gasteiger charge is 2.35. The van der Waals surface area contributed by atoms with Crippen molar-refractivity contribution >= 4 is 27.5 Å². The smallest absolute Gasteiger partial charge is 0.264 e. The molecule has 0 aliphatic heterocycles.